The van der Waals surface area contributed by atoms with E-state index in [4.69, 9.17) is 17.0 Å². The van der Waals surface area contributed by atoms with Gasteiger partial charge in [0.2, 0.25) is 5.91 Å². The molecule has 1 aromatic carbocycles. The van der Waals surface area contributed by atoms with Crippen LogP contribution in [0.4, 0.5) is 0 Å². The molecule has 2 aromatic rings. The third kappa shape index (κ3) is 5.00. The van der Waals surface area contributed by atoms with Gasteiger partial charge in [-0.25, -0.2) is 0 Å². The van der Waals surface area contributed by atoms with Crippen molar-refractivity contribution in [3.05, 3.63) is 51.2 Å². The molecule has 0 aliphatic carbocycles. The Bertz CT molecular complexity index is 607. The summed E-state index contributed by atoms with van der Waals surface area (Å²) < 4.78 is 1.61. The van der Waals surface area contributed by atoms with E-state index in [0.29, 0.717) is 16.4 Å². The van der Waals surface area contributed by atoms with E-state index in [-0.39, 0.29) is 24.9 Å². The molecule has 0 fully saturated rings. The maximum atomic E-state index is 11.7. The van der Waals surface area contributed by atoms with Gasteiger partial charge in [0.25, 0.3) is 0 Å². The average molecular weight is 331 g/mol. The Balaban J connectivity index is 0.00000200. The minimum Gasteiger partial charge on any atom is -1.00 e. The summed E-state index contributed by atoms with van der Waals surface area (Å²) >= 11 is 7.11. The van der Waals surface area contributed by atoms with Gasteiger partial charge in [-0.3, -0.25) is 10.2 Å². The molecule has 2 N–H and O–H groups in total. The zero-order chi connectivity index (χ0) is 13.7. The number of rotatable bonds is 5. The molecule has 0 aliphatic heterocycles. The fourth-order valence-electron chi connectivity index (χ4n) is 1.64. The van der Waals surface area contributed by atoms with E-state index in [1.165, 1.54) is 11.3 Å². The maximum Gasteiger partial charge on any atom is 0.240 e. The number of nitrogens with zero attached hydrogens (tertiary/aromatic N) is 1. The highest BCUT2D eigenvalue weighted by molar-refractivity contribution is 7.06. The molecule has 20 heavy (non-hydrogen) atoms. The van der Waals surface area contributed by atoms with E-state index < -0.39 is 0 Å². The molecule has 0 saturated carbocycles. The van der Waals surface area contributed by atoms with E-state index in [9.17, 15) is 4.79 Å². The summed E-state index contributed by atoms with van der Waals surface area (Å²) in [4.78, 5) is 12.1. The van der Waals surface area contributed by atoms with Crippen LogP contribution in [0, 0.1) is 5.41 Å². The van der Waals surface area contributed by atoms with Crippen molar-refractivity contribution in [1.82, 2.24) is 9.88 Å². The number of aromatic nitrogens is 1. The lowest BCUT2D eigenvalue weighted by atomic mass is 10.1. The molecule has 2 rings (SSSR count). The van der Waals surface area contributed by atoms with Crippen LogP contribution in [0.5, 0.6) is 0 Å². The number of hydrogen-bond acceptors (Lipinski definition) is 3. The second-order valence-electron chi connectivity index (χ2n) is 4.06. The molecule has 0 unspecified atom stereocenters. The predicted molar refractivity (Wildman–Crippen MR) is 76.3 cm³/mol. The molecule has 0 saturated heterocycles. The van der Waals surface area contributed by atoms with Crippen LogP contribution in [0.25, 0.3) is 0 Å². The van der Waals surface area contributed by atoms with Gasteiger partial charge < -0.3 is 22.3 Å². The van der Waals surface area contributed by atoms with Gasteiger partial charge in [-0.15, -0.1) is 11.3 Å². The first kappa shape index (κ1) is 16.8. The quantitative estimate of drug-likeness (QED) is 0.729. The lowest BCUT2D eigenvalue weighted by Crippen LogP contribution is -3.00. The highest BCUT2D eigenvalue weighted by Crippen LogP contribution is 2.09. The molecule has 0 aliphatic rings. The van der Waals surface area contributed by atoms with Crippen molar-refractivity contribution in [3.8, 4) is 0 Å². The van der Waals surface area contributed by atoms with Crippen LogP contribution in [0.15, 0.2) is 35.8 Å². The van der Waals surface area contributed by atoms with Crippen LogP contribution in [-0.2, 0) is 17.8 Å². The van der Waals surface area contributed by atoms with Crippen LogP contribution >= 0.6 is 22.9 Å². The Kier molecular flexibility index (Phi) is 6.78. The Morgan fingerprint density at radius 3 is 2.65 bits per heavy atom. The second-order valence-corrected chi connectivity index (χ2v) is 5.39. The molecular formula is C13H14Cl2N3OS-. The van der Waals surface area contributed by atoms with Gasteiger partial charge >= 0.3 is 0 Å². The van der Waals surface area contributed by atoms with E-state index in [1.807, 2.05) is 24.3 Å². The Morgan fingerprint density at radius 1 is 1.35 bits per heavy atom. The SMILES string of the molecule is N=c1sccn1CC(=O)NCCc1ccc(Cl)cc1.[Cl-]. The van der Waals surface area contributed by atoms with Crippen molar-refractivity contribution in [2.24, 2.45) is 0 Å². The summed E-state index contributed by atoms with van der Waals surface area (Å²) in [5.41, 5.74) is 1.13. The second kappa shape index (κ2) is 8.09. The minimum atomic E-state index is -0.0779. The third-order valence-electron chi connectivity index (χ3n) is 2.64. The van der Waals surface area contributed by atoms with Gasteiger partial charge in [0, 0.05) is 23.1 Å². The smallest absolute Gasteiger partial charge is 0.240 e. The number of halogens is 2. The van der Waals surface area contributed by atoms with Crippen molar-refractivity contribution in [2.75, 3.05) is 6.54 Å². The van der Waals surface area contributed by atoms with Crippen LogP contribution in [0.2, 0.25) is 5.02 Å². The number of amides is 1. The molecule has 0 radical (unpaired) electrons. The highest BCUT2D eigenvalue weighted by atomic mass is 35.5. The summed E-state index contributed by atoms with van der Waals surface area (Å²) in [5.74, 6) is -0.0779. The fourth-order valence-corrected chi connectivity index (χ4v) is 2.36. The zero-order valence-electron chi connectivity index (χ0n) is 10.6. The zero-order valence-corrected chi connectivity index (χ0v) is 12.9. The number of benzene rings is 1. The molecule has 1 amide bonds. The molecule has 108 valence electrons. The number of carbonyl (C=O) groups excluding carboxylic acids is 1. The van der Waals surface area contributed by atoms with Crippen LogP contribution in [0.1, 0.15) is 5.56 Å². The molecule has 0 spiro atoms. The summed E-state index contributed by atoms with van der Waals surface area (Å²) in [7, 11) is 0. The van der Waals surface area contributed by atoms with E-state index in [1.54, 1.807) is 16.1 Å². The molecule has 4 nitrogen and oxygen atoms in total. The minimum absolute atomic E-state index is 0. The Hall–Kier alpha value is -1.30. The van der Waals surface area contributed by atoms with Gasteiger partial charge in [-0.1, -0.05) is 23.7 Å². The molecule has 0 atom stereocenters. The van der Waals surface area contributed by atoms with Crippen molar-refractivity contribution in [2.45, 2.75) is 13.0 Å². The van der Waals surface area contributed by atoms with E-state index >= 15 is 0 Å². The summed E-state index contributed by atoms with van der Waals surface area (Å²) in [6.07, 6.45) is 2.51. The molecule has 1 aromatic heterocycles. The van der Waals surface area contributed by atoms with Crippen molar-refractivity contribution in [3.63, 3.8) is 0 Å². The van der Waals surface area contributed by atoms with E-state index in [0.717, 1.165) is 12.0 Å². The summed E-state index contributed by atoms with van der Waals surface area (Å²) in [5, 5.41) is 12.9. The van der Waals surface area contributed by atoms with Crippen molar-refractivity contribution in [1.29, 1.82) is 5.41 Å². The average Bonchev–Trinajstić information content (AvgIpc) is 2.78. The molecule has 1 heterocycles. The molecular weight excluding hydrogens is 317 g/mol. The number of nitrogens with one attached hydrogen (secondary N) is 2. The lowest BCUT2D eigenvalue weighted by Gasteiger charge is -2.06. The van der Waals surface area contributed by atoms with Gasteiger partial charge in [0.1, 0.15) is 6.54 Å². The Labute approximate surface area is 132 Å². The van der Waals surface area contributed by atoms with Gasteiger partial charge in [0.15, 0.2) is 4.80 Å². The lowest BCUT2D eigenvalue weighted by molar-refractivity contribution is -0.121. The van der Waals surface area contributed by atoms with Crippen LogP contribution in [-0.4, -0.2) is 17.0 Å². The van der Waals surface area contributed by atoms with Crippen LogP contribution < -0.4 is 22.5 Å². The first-order valence-electron chi connectivity index (χ1n) is 5.85. The molecule has 0 bridgehead atoms. The third-order valence-corrected chi connectivity index (χ3v) is 3.61. The maximum absolute atomic E-state index is 11.7. The van der Waals surface area contributed by atoms with Gasteiger partial charge in [-0.2, -0.15) is 0 Å². The number of thiazole rings is 1. The number of carbonyl (C=O) groups is 1. The van der Waals surface area contributed by atoms with Gasteiger partial charge in [0.05, 0.1) is 0 Å². The Morgan fingerprint density at radius 2 is 2.05 bits per heavy atom. The topological polar surface area (TPSA) is 57.9 Å². The summed E-state index contributed by atoms with van der Waals surface area (Å²) in [6.45, 7) is 0.779. The van der Waals surface area contributed by atoms with Crippen LogP contribution in [0.3, 0.4) is 0 Å². The van der Waals surface area contributed by atoms with Crippen molar-refractivity contribution < 1.29 is 17.2 Å². The predicted octanol–water partition coefficient (Wildman–Crippen LogP) is -0.955. The monoisotopic (exact) mass is 330 g/mol. The summed E-state index contributed by atoms with van der Waals surface area (Å²) in [6, 6.07) is 7.58. The van der Waals surface area contributed by atoms with E-state index in [2.05, 4.69) is 5.32 Å². The normalized spacial score (nSPS) is 9.85. The molecule has 7 heteroatoms. The van der Waals surface area contributed by atoms with Gasteiger partial charge in [-0.05, 0) is 24.1 Å². The van der Waals surface area contributed by atoms with Crippen molar-refractivity contribution >= 4 is 28.8 Å². The first-order valence-corrected chi connectivity index (χ1v) is 7.10. The largest absolute Gasteiger partial charge is 1.00 e. The highest BCUT2D eigenvalue weighted by Gasteiger charge is 2.03. The number of hydrogen-bond donors (Lipinski definition) is 2. The first-order chi connectivity index (χ1) is 9.15. The standard InChI is InChI=1S/C13H14ClN3OS.ClH/c14-11-3-1-10(2-4-11)5-6-16-12(18)9-17-7-8-19-13(17)15;/h1-4,7-8,15H,5-6,9H2,(H,16,18);1H/p-1. The fraction of sp³-hybridized carbons (Fsp3) is 0.231.